The number of nitrogens with zero attached hydrogens (tertiary/aromatic N) is 4. The molecule has 1 fully saturated rings. The van der Waals surface area contributed by atoms with Gasteiger partial charge in [-0.05, 0) is 37.1 Å². The van der Waals surface area contributed by atoms with Crippen molar-refractivity contribution < 1.29 is 9.53 Å². The van der Waals surface area contributed by atoms with E-state index in [9.17, 15) is 4.79 Å². The first kappa shape index (κ1) is 16.8. The van der Waals surface area contributed by atoms with Crippen molar-refractivity contribution in [2.24, 2.45) is 5.92 Å². The molecule has 0 radical (unpaired) electrons. The fourth-order valence-electron chi connectivity index (χ4n) is 3.08. The van der Waals surface area contributed by atoms with Crippen LogP contribution in [-0.2, 0) is 4.74 Å². The fraction of sp³-hybridized carbons (Fsp3) is 0.529. The highest BCUT2D eigenvalue weighted by molar-refractivity contribution is 7.08. The zero-order valence-electron chi connectivity index (χ0n) is 13.6. The average Bonchev–Trinajstić information content (AvgIpc) is 3.31. The molecule has 0 aromatic carbocycles. The predicted octanol–water partition coefficient (Wildman–Crippen LogP) is 3.21. The number of rotatable bonds is 6. The van der Waals surface area contributed by atoms with E-state index in [1.807, 2.05) is 23.0 Å². The van der Waals surface area contributed by atoms with Gasteiger partial charge in [-0.2, -0.15) is 16.6 Å². The van der Waals surface area contributed by atoms with Gasteiger partial charge in [-0.25, -0.2) is 4.68 Å². The highest BCUT2D eigenvalue weighted by Gasteiger charge is 2.30. The van der Waals surface area contributed by atoms with Gasteiger partial charge >= 0.3 is 0 Å². The van der Waals surface area contributed by atoms with E-state index < -0.39 is 0 Å². The predicted molar refractivity (Wildman–Crippen MR) is 89.9 cm³/mol. The Morgan fingerprint density at radius 2 is 2.33 bits per heavy atom. The average molecular weight is 344 g/mol. The van der Waals surface area contributed by atoms with Crippen LogP contribution in [0, 0.1) is 17.2 Å². The molecule has 0 amide bonds. The third-order valence-electron chi connectivity index (χ3n) is 4.58. The lowest BCUT2D eigenvalue weighted by atomic mass is 9.80. The number of aromatic nitrogens is 3. The maximum atomic E-state index is 12.6. The van der Waals surface area contributed by atoms with Crippen molar-refractivity contribution in [3.63, 3.8) is 0 Å². The Kier molecular flexibility index (Phi) is 5.38. The van der Waals surface area contributed by atoms with Gasteiger partial charge < -0.3 is 4.74 Å². The van der Waals surface area contributed by atoms with Crippen LogP contribution in [0.1, 0.15) is 54.2 Å². The molecule has 3 heterocycles. The van der Waals surface area contributed by atoms with Crippen molar-refractivity contribution in [2.75, 3.05) is 13.2 Å². The van der Waals surface area contributed by atoms with E-state index in [0.29, 0.717) is 12.3 Å². The molecule has 126 valence electrons. The van der Waals surface area contributed by atoms with Crippen LogP contribution < -0.4 is 0 Å². The first-order chi connectivity index (χ1) is 11.7. The summed E-state index contributed by atoms with van der Waals surface area (Å²) < 4.78 is 7.02. The number of nitriles is 1. The molecule has 1 aliphatic heterocycles. The topological polar surface area (TPSA) is 80.8 Å². The summed E-state index contributed by atoms with van der Waals surface area (Å²) in [4.78, 5) is 12.6. The van der Waals surface area contributed by atoms with Crippen molar-refractivity contribution in [3.05, 3.63) is 34.3 Å². The van der Waals surface area contributed by atoms with Gasteiger partial charge in [-0.3, -0.25) is 4.79 Å². The fourth-order valence-corrected chi connectivity index (χ4v) is 3.74. The molecule has 2 aromatic heterocycles. The summed E-state index contributed by atoms with van der Waals surface area (Å²) in [6.45, 7) is 3.21. The summed E-state index contributed by atoms with van der Waals surface area (Å²) >= 11 is 1.53. The molecule has 0 unspecified atom stereocenters. The molecule has 0 bridgehead atoms. The van der Waals surface area contributed by atoms with Gasteiger partial charge in [0, 0.05) is 36.5 Å². The second-order valence-corrected chi connectivity index (χ2v) is 6.90. The monoisotopic (exact) mass is 344 g/mol. The van der Waals surface area contributed by atoms with Crippen molar-refractivity contribution in [2.45, 2.75) is 38.1 Å². The van der Waals surface area contributed by atoms with E-state index in [-0.39, 0.29) is 17.7 Å². The third kappa shape index (κ3) is 3.71. The Morgan fingerprint density at radius 3 is 3.00 bits per heavy atom. The molecule has 7 heteroatoms. The van der Waals surface area contributed by atoms with E-state index >= 15 is 0 Å². The number of thiophene rings is 1. The molecule has 0 saturated carbocycles. The number of hydrogen-bond donors (Lipinski definition) is 0. The molecule has 24 heavy (non-hydrogen) atoms. The Labute approximate surface area is 145 Å². The van der Waals surface area contributed by atoms with Crippen molar-refractivity contribution >= 4 is 17.1 Å². The van der Waals surface area contributed by atoms with Crippen molar-refractivity contribution in [1.29, 1.82) is 5.26 Å². The van der Waals surface area contributed by atoms with Crippen LogP contribution >= 0.6 is 11.3 Å². The van der Waals surface area contributed by atoms with Crippen molar-refractivity contribution in [1.82, 2.24) is 15.0 Å². The molecule has 3 rings (SSSR count). The molecule has 0 spiro atoms. The number of ether oxygens (including phenoxy) is 1. The van der Waals surface area contributed by atoms with Crippen LogP contribution in [0.15, 0.2) is 23.0 Å². The van der Waals surface area contributed by atoms with E-state index in [2.05, 4.69) is 16.4 Å². The molecule has 0 aliphatic carbocycles. The van der Waals surface area contributed by atoms with Crippen molar-refractivity contribution in [3.8, 4) is 6.07 Å². The summed E-state index contributed by atoms with van der Waals surface area (Å²) in [5.41, 5.74) is 1.56. The molecule has 6 nitrogen and oxygen atoms in total. The van der Waals surface area contributed by atoms with Gasteiger partial charge in [-0.1, -0.05) is 5.21 Å². The minimum atomic E-state index is -0.367. The Bertz CT molecular complexity index is 713. The second-order valence-electron chi connectivity index (χ2n) is 6.12. The SMILES string of the molecule is C[C@H](C#N)n1cc([C@@H](CC(=O)c2ccsc2)C2CCOCC2)nn1. The summed E-state index contributed by atoms with van der Waals surface area (Å²) in [5, 5.41) is 21.2. The smallest absolute Gasteiger partial charge is 0.164 e. The zero-order chi connectivity index (χ0) is 16.9. The number of hydrogen-bond acceptors (Lipinski definition) is 6. The number of ketones is 1. The lowest BCUT2D eigenvalue weighted by molar-refractivity contribution is 0.0549. The normalized spacial score (nSPS) is 18.0. The number of carbonyl (C=O) groups is 1. The highest BCUT2D eigenvalue weighted by Crippen LogP contribution is 2.35. The minimum absolute atomic E-state index is 0.0148. The largest absolute Gasteiger partial charge is 0.381 e. The number of Topliss-reactive ketones (excluding diaryl/α,β-unsaturated/α-hetero) is 1. The van der Waals surface area contributed by atoms with E-state index in [0.717, 1.165) is 37.3 Å². The van der Waals surface area contributed by atoms with E-state index in [1.165, 1.54) is 11.3 Å². The summed E-state index contributed by atoms with van der Waals surface area (Å²) in [6, 6.07) is 3.65. The zero-order valence-corrected chi connectivity index (χ0v) is 14.4. The molecule has 1 aliphatic rings. The summed E-state index contributed by atoms with van der Waals surface area (Å²) in [6.07, 6.45) is 4.07. The Balaban J connectivity index is 1.83. The van der Waals surface area contributed by atoms with Crippen LogP contribution in [0.2, 0.25) is 0 Å². The van der Waals surface area contributed by atoms with Gasteiger partial charge in [0.15, 0.2) is 5.78 Å². The Hall–Kier alpha value is -2.04. The minimum Gasteiger partial charge on any atom is -0.381 e. The van der Waals surface area contributed by atoms with Crippen LogP contribution in [0.4, 0.5) is 0 Å². The maximum absolute atomic E-state index is 12.6. The second kappa shape index (κ2) is 7.69. The third-order valence-corrected chi connectivity index (χ3v) is 5.26. The molecular weight excluding hydrogens is 324 g/mol. The number of carbonyl (C=O) groups excluding carboxylic acids is 1. The summed E-state index contributed by atoms with van der Waals surface area (Å²) in [7, 11) is 0. The lowest BCUT2D eigenvalue weighted by Gasteiger charge is -2.28. The molecule has 0 N–H and O–H groups in total. The van der Waals surface area contributed by atoms with Crippen LogP contribution in [-0.4, -0.2) is 34.0 Å². The first-order valence-corrected chi connectivity index (χ1v) is 9.07. The van der Waals surface area contributed by atoms with Crippen LogP contribution in [0.5, 0.6) is 0 Å². The van der Waals surface area contributed by atoms with Gasteiger partial charge in [0.05, 0.1) is 18.0 Å². The highest BCUT2D eigenvalue weighted by atomic mass is 32.1. The van der Waals surface area contributed by atoms with E-state index in [1.54, 1.807) is 11.6 Å². The van der Waals surface area contributed by atoms with Gasteiger partial charge in [-0.15, -0.1) is 5.10 Å². The van der Waals surface area contributed by atoms with Crippen LogP contribution in [0.25, 0.3) is 0 Å². The van der Waals surface area contributed by atoms with E-state index in [4.69, 9.17) is 10.00 Å². The van der Waals surface area contributed by atoms with Gasteiger partial charge in [0.25, 0.3) is 0 Å². The molecule has 2 atom stereocenters. The molecule has 1 saturated heterocycles. The Morgan fingerprint density at radius 1 is 1.54 bits per heavy atom. The first-order valence-electron chi connectivity index (χ1n) is 8.13. The molecule has 2 aromatic rings. The molecular formula is C17H20N4O2S. The standard InChI is InChI=1S/C17H20N4O2S/c1-12(9-18)21-10-16(19-20-21)15(13-2-5-23-6-3-13)8-17(22)14-4-7-24-11-14/h4,7,10-13,15H,2-3,5-6,8H2,1H3/t12-,15+/m1/s1. The van der Waals surface area contributed by atoms with Crippen LogP contribution in [0.3, 0.4) is 0 Å². The maximum Gasteiger partial charge on any atom is 0.164 e. The van der Waals surface area contributed by atoms with Gasteiger partial charge in [0.2, 0.25) is 0 Å². The quantitative estimate of drug-likeness (QED) is 0.752. The van der Waals surface area contributed by atoms with Gasteiger partial charge in [0.1, 0.15) is 6.04 Å². The lowest BCUT2D eigenvalue weighted by Crippen LogP contribution is -2.24. The summed E-state index contributed by atoms with van der Waals surface area (Å²) in [5.74, 6) is 0.500.